The molecule has 0 aromatic heterocycles. The molecule has 0 amide bonds. The minimum absolute atomic E-state index is 0.0179. The van der Waals surface area contributed by atoms with Gasteiger partial charge in [-0.25, -0.2) is 0 Å². The number of aromatic hydroxyl groups is 1. The van der Waals surface area contributed by atoms with E-state index >= 15 is 9.59 Å². The van der Waals surface area contributed by atoms with Gasteiger partial charge in [0.25, 0.3) is 0 Å². The molecule has 2 aromatic rings. The molecule has 9 bridgehead atoms. The van der Waals surface area contributed by atoms with E-state index in [-0.39, 0.29) is 90.2 Å². The molecule has 11 nitrogen and oxygen atoms in total. The summed E-state index contributed by atoms with van der Waals surface area (Å²) < 4.78 is 6.85. The average molecular weight is 1070 g/mol. The van der Waals surface area contributed by atoms with Gasteiger partial charge >= 0.3 is 0 Å². The number of carbonyl (C=O) groups excluding carboxylic acids is 2. The van der Waals surface area contributed by atoms with Gasteiger partial charge < -0.3 is 46.6 Å². The number of anilines is 1. The summed E-state index contributed by atoms with van der Waals surface area (Å²) in [5.41, 5.74) is 7.74. The largest absolute Gasteiger partial charge is 0.508 e. The predicted molar refractivity (Wildman–Crippen MR) is 302 cm³/mol. The summed E-state index contributed by atoms with van der Waals surface area (Å²) in [4.78, 5) is 33.4. The maximum Gasteiger partial charge on any atom is 0.160 e. The molecule has 2 aromatic carbocycles. The number of benzene rings is 2. The summed E-state index contributed by atoms with van der Waals surface area (Å²) >= 11 is 0. The fourth-order valence-corrected chi connectivity index (χ4v) is 22.9. The van der Waals surface area contributed by atoms with Crippen LogP contribution >= 0.6 is 0 Å². The molecule has 14 rings (SSSR count). The minimum atomic E-state index is -0.949. The number of aliphatic hydroxyl groups excluding tert-OH is 3. The lowest BCUT2D eigenvalue weighted by Gasteiger charge is -2.75. The molecule has 0 radical (unpaired) electrons. The highest BCUT2D eigenvalue weighted by Crippen LogP contribution is 2.82. The highest BCUT2D eigenvalue weighted by Gasteiger charge is 2.81. The number of nitrogens with one attached hydrogen (secondary N) is 2. The van der Waals surface area contributed by atoms with Crippen molar-refractivity contribution in [2.45, 2.75) is 203 Å². The van der Waals surface area contributed by atoms with Crippen molar-refractivity contribution in [1.29, 1.82) is 0 Å². The second-order valence-electron chi connectivity index (χ2n) is 29.0. The lowest BCUT2D eigenvalue weighted by molar-refractivity contribution is -0.244. The number of phenols is 1. The molecule has 6 saturated carbocycles. The van der Waals surface area contributed by atoms with Crippen molar-refractivity contribution in [3.05, 3.63) is 82.5 Å². The third-order valence-corrected chi connectivity index (χ3v) is 25.6. The number of ketones is 2. The van der Waals surface area contributed by atoms with Gasteiger partial charge in [-0.1, -0.05) is 68.5 Å². The molecule has 9 N–H and O–H groups in total. The number of hydrogen-bond acceptors (Lipinski definition) is 11. The van der Waals surface area contributed by atoms with Gasteiger partial charge in [0, 0.05) is 55.3 Å². The van der Waals surface area contributed by atoms with Crippen LogP contribution in [0.25, 0.3) is 0 Å². The first kappa shape index (κ1) is 53.9. The van der Waals surface area contributed by atoms with Gasteiger partial charge in [0.15, 0.2) is 11.6 Å². The standard InChI is InChI=1S/C67H93N3O8/c1-61(77)22-5-6-23-64-24-9-15-55-62(2)56-21-20-51-57-49(32-53(74)59-63(3,78-59)50-14-8-13-47(50)42-11-7-12-45(68)30-42)48-29-39(36-71)16-17-41(48)18-19-43(37-72)67(56,33-52(58(62)64)70-38-61)65(51,34-54(57)75)25-10-26-66(55,60(64)76)44-27-40(35-69-4)28-46(73)31-44/h7,9,11-12,15,27-28,30-31,39,41,43,47-50,52-53,55-56,58-59,69-74,77H,5-6,8,10,13-14,16-26,29,32-38,68H2,1-4H3. The summed E-state index contributed by atoms with van der Waals surface area (Å²) in [6.45, 7) is 7.84. The highest BCUT2D eigenvalue weighted by molar-refractivity contribution is 6.01. The lowest BCUT2D eigenvalue weighted by Crippen LogP contribution is -2.77. The zero-order valence-corrected chi connectivity index (χ0v) is 47.4. The van der Waals surface area contributed by atoms with E-state index < -0.39 is 44.4 Å². The Morgan fingerprint density at radius 2 is 1.73 bits per heavy atom. The van der Waals surface area contributed by atoms with Crippen LogP contribution in [-0.2, 0) is 26.3 Å². The fraction of sp³-hybridized carbons (Fsp3) is 0.731. The van der Waals surface area contributed by atoms with Gasteiger partial charge in [0.2, 0.25) is 0 Å². The molecule has 424 valence electrons. The Balaban J connectivity index is 0.999. The zero-order valence-electron chi connectivity index (χ0n) is 47.4. The number of carbonyl (C=O) groups is 2. The number of nitrogens with two attached hydrogens (primary N) is 1. The first-order chi connectivity index (χ1) is 37.4. The molecule has 3 spiro atoms. The van der Waals surface area contributed by atoms with Crippen molar-refractivity contribution in [3.8, 4) is 5.75 Å². The van der Waals surface area contributed by atoms with Crippen LogP contribution in [0, 0.1) is 74.9 Å². The Kier molecular flexibility index (Phi) is 13.4. The van der Waals surface area contributed by atoms with E-state index in [9.17, 15) is 25.5 Å². The highest BCUT2D eigenvalue weighted by atomic mass is 16.6. The average Bonchev–Trinajstić information content (AvgIpc) is 2.60. The molecule has 2 saturated heterocycles. The topological polar surface area (TPSA) is 198 Å². The van der Waals surface area contributed by atoms with Crippen LogP contribution in [0.5, 0.6) is 5.75 Å². The van der Waals surface area contributed by atoms with Crippen LogP contribution in [0.1, 0.15) is 178 Å². The van der Waals surface area contributed by atoms with Gasteiger partial charge in [-0.2, -0.15) is 0 Å². The molecule has 2 aliphatic heterocycles. The Hall–Kier alpha value is -3.42. The Labute approximate surface area is 464 Å². The van der Waals surface area contributed by atoms with Crippen LogP contribution in [0.4, 0.5) is 5.69 Å². The molecule has 12 aliphatic rings. The molecule has 11 heteroatoms. The van der Waals surface area contributed by atoms with E-state index in [1.807, 2.05) is 38.2 Å². The van der Waals surface area contributed by atoms with Crippen molar-refractivity contribution >= 4 is 17.3 Å². The normalized spacial score (nSPS) is 46.9. The molecule has 10 aliphatic carbocycles. The van der Waals surface area contributed by atoms with E-state index in [0.29, 0.717) is 63.3 Å². The molecule has 78 heavy (non-hydrogen) atoms. The Bertz CT molecular complexity index is 2760. The summed E-state index contributed by atoms with van der Waals surface area (Å²) in [5.74, 6) is 1.16. The van der Waals surface area contributed by atoms with Crippen molar-refractivity contribution in [2.24, 2.45) is 74.9 Å². The number of ether oxygens (including phenoxy) is 1. The van der Waals surface area contributed by atoms with Crippen LogP contribution in [0.3, 0.4) is 0 Å². The quantitative estimate of drug-likeness (QED) is 0.0641. The number of fused-ring (bicyclic) bond motifs is 2. The summed E-state index contributed by atoms with van der Waals surface area (Å²) in [6, 6.07) is 14.1. The van der Waals surface area contributed by atoms with Gasteiger partial charge in [-0.05, 0) is 240 Å². The number of Topliss-reactive ketones (excluding diaryl/α,β-unsaturated/α-hetero) is 2. The van der Waals surface area contributed by atoms with Gasteiger partial charge in [0.1, 0.15) is 11.9 Å². The predicted octanol–water partition coefficient (Wildman–Crippen LogP) is 9.76. The molecule has 2 heterocycles. The van der Waals surface area contributed by atoms with Gasteiger partial charge in [-0.3, -0.25) is 9.59 Å². The monoisotopic (exact) mass is 1070 g/mol. The van der Waals surface area contributed by atoms with Crippen molar-refractivity contribution in [1.82, 2.24) is 10.6 Å². The van der Waals surface area contributed by atoms with Crippen LogP contribution in [0.2, 0.25) is 0 Å². The molecule has 20 atom stereocenters. The first-order valence-corrected chi connectivity index (χ1v) is 31.3. The fourth-order valence-electron chi connectivity index (χ4n) is 22.9. The van der Waals surface area contributed by atoms with E-state index in [4.69, 9.17) is 10.5 Å². The maximum absolute atomic E-state index is 17.1. The minimum Gasteiger partial charge on any atom is -0.508 e. The molecular weight excluding hydrogens is 975 g/mol. The van der Waals surface area contributed by atoms with Gasteiger partial charge in [-0.15, -0.1) is 0 Å². The second kappa shape index (κ2) is 19.3. The third-order valence-electron chi connectivity index (χ3n) is 25.6. The van der Waals surface area contributed by atoms with E-state index in [1.165, 1.54) is 11.1 Å². The number of allylic oxidation sites excluding steroid dienone is 4. The maximum atomic E-state index is 17.1. The number of epoxide rings is 1. The summed E-state index contributed by atoms with van der Waals surface area (Å²) in [5, 5.41) is 67.9. The summed E-state index contributed by atoms with van der Waals surface area (Å²) in [6.07, 6.45) is 20.2. The van der Waals surface area contributed by atoms with E-state index in [2.05, 4.69) is 54.8 Å². The first-order valence-electron chi connectivity index (χ1n) is 31.3. The smallest absolute Gasteiger partial charge is 0.160 e. The van der Waals surface area contributed by atoms with E-state index in [0.717, 1.165) is 119 Å². The number of nitrogen functional groups attached to an aromatic ring is 1. The SMILES string of the molecule is CNCc1cc(O)cc(C23CCCC45CC(=O)C6=C4CCC4C7(C)C8C(CC45C(CO)CCC4CCC(CO)CC4C6CC(O)C4OC4(C)C4CCCC4c4cccc(N)c4)NCC(C)(O)CCCCC8(CC=CC27)C3=O)c1. The van der Waals surface area contributed by atoms with Crippen LogP contribution < -0.4 is 16.4 Å². The number of rotatable bonds is 10. The number of phenolic OH excluding ortho intramolecular Hbond substituents is 1. The number of β-amino-alcohol motifs (C(OH)–C–C–N with tert-alkyl or cyclic N) is 1. The second-order valence-corrected chi connectivity index (χ2v) is 29.0. The zero-order chi connectivity index (χ0) is 54.4. The Morgan fingerprint density at radius 3 is 2.53 bits per heavy atom. The van der Waals surface area contributed by atoms with Crippen molar-refractivity contribution in [2.75, 3.05) is 32.5 Å². The molecule has 20 unspecified atom stereocenters. The van der Waals surface area contributed by atoms with Crippen LogP contribution in [-0.4, -0.2) is 93.4 Å². The summed E-state index contributed by atoms with van der Waals surface area (Å²) in [7, 11) is 1.92. The van der Waals surface area contributed by atoms with Crippen molar-refractivity contribution < 1.29 is 39.9 Å². The van der Waals surface area contributed by atoms with E-state index in [1.54, 1.807) is 0 Å². The number of hydrogen-bond donors (Lipinski definition) is 8. The lowest BCUT2D eigenvalue weighted by atomic mass is 9.28. The van der Waals surface area contributed by atoms with Crippen molar-refractivity contribution in [3.63, 3.8) is 0 Å². The number of aliphatic hydroxyl groups is 4. The third kappa shape index (κ3) is 7.64. The Morgan fingerprint density at radius 1 is 0.910 bits per heavy atom. The van der Waals surface area contributed by atoms with Gasteiger partial charge in [0.05, 0.1) is 22.7 Å². The van der Waals surface area contributed by atoms with Crippen LogP contribution in [0.15, 0.2) is 65.8 Å². The molecular formula is C67H93N3O8. The molecule has 8 fully saturated rings.